The van der Waals surface area contributed by atoms with Crippen LogP contribution in [0.2, 0.25) is 0 Å². The lowest BCUT2D eigenvalue weighted by Gasteiger charge is -2.27. The van der Waals surface area contributed by atoms with E-state index in [0.29, 0.717) is 11.3 Å². The Morgan fingerprint density at radius 2 is 1.25 bits per heavy atom. The highest BCUT2D eigenvalue weighted by molar-refractivity contribution is 5.77. The van der Waals surface area contributed by atoms with Gasteiger partial charge in [0.25, 0.3) is 0 Å². The van der Waals surface area contributed by atoms with Gasteiger partial charge in [-0.15, -0.1) is 0 Å². The van der Waals surface area contributed by atoms with E-state index in [1.54, 1.807) is 26.4 Å². The van der Waals surface area contributed by atoms with Gasteiger partial charge in [0.05, 0.1) is 0 Å². The molecule has 1 aromatic carbocycles. The van der Waals surface area contributed by atoms with Crippen molar-refractivity contribution in [1.29, 1.82) is 0 Å². The number of aldehydes is 1. The van der Waals surface area contributed by atoms with E-state index in [1.807, 2.05) is 41.5 Å². The van der Waals surface area contributed by atoms with Crippen molar-refractivity contribution in [1.82, 2.24) is 0 Å². The minimum Gasteiger partial charge on any atom is -0.507 e. The maximum absolute atomic E-state index is 11.0. The van der Waals surface area contributed by atoms with Gasteiger partial charge in [0.2, 0.25) is 0 Å². The molecule has 0 aliphatic rings. The summed E-state index contributed by atoms with van der Waals surface area (Å²) >= 11 is 0. The third kappa shape index (κ3) is 4.97. The number of methoxy groups -OCH3 is 1. The van der Waals surface area contributed by atoms with Gasteiger partial charge in [-0.1, -0.05) is 41.5 Å². The molecule has 1 N–H and O–H groups in total. The highest BCUT2D eigenvalue weighted by Gasteiger charge is 2.26. The van der Waals surface area contributed by atoms with Gasteiger partial charge < -0.3 is 9.84 Å². The summed E-state index contributed by atoms with van der Waals surface area (Å²) in [5.41, 5.74) is 1.92. The zero-order valence-corrected chi connectivity index (χ0v) is 14.0. The van der Waals surface area contributed by atoms with Gasteiger partial charge in [-0.2, -0.15) is 0 Å². The number of phenolic OH excluding ortho intramolecular Hbond substituents is 1. The number of phenols is 1. The lowest BCUT2D eigenvalue weighted by Crippen LogP contribution is -2.17. The molecular weight excluding hydrogens is 252 g/mol. The van der Waals surface area contributed by atoms with Crippen molar-refractivity contribution in [2.24, 2.45) is 0 Å². The molecule has 3 heteroatoms. The Morgan fingerprint density at radius 3 is 1.45 bits per heavy atom. The summed E-state index contributed by atoms with van der Waals surface area (Å²) in [5.74, 6) is 0.315. The van der Waals surface area contributed by atoms with Crippen LogP contribution in [0.25, 0.3) is 0 Å². The second-order valence-electron chi connectivity index (χ2n) is 6.99. The van der Waals surface area contributed by atoms with E-state index in [-0.39, 0.29) is 10.8 Å². The zero-order valence-electron chi connectivity index (χ0n) is 14.0. The molecule has 1 rings (SSSR count). The first kappa shape index (κ1) is 18.7. The molecule has 1 aromatic rings. The average molecular weight is 280 g/mol. The molecule has 0 atom stereocenters. The van der Waals surface area contributed by atoms with Crippen molar-refractivity contribution in [2.75, 3.05) is 14.2 Å². The van der Waals surface area contributed by atoms with Crippen molar-refractivity contribution < 1.29 is 14.6 Å². The summed E-state index contributed by atoms with van der Waals surface area (Å²) in [6, 6.07) is 3.55. The standard InChI is InChI=1S/C15H22O2.C2H6O/c1-14(2,3)11-7-10(9-16)8-12(13(11)17)15(4,5)6;1-3-2/h7-9,17H,1-6H3;1-2H3. The number of carbonyl (C=O) groups is 1. The highest BCUT2D eigenvalue weighted by Crippen LogP contribution is 2.39. The Morgan fingerprint density at radius 1 is 0.950 bits per heavy atom. The van der Waals surface area contributed by atoms with Crippen molar-refractivity contribution in [3.63, 3.8) is 0 Å². The maximum Gasteiger partial charge on any atom is 0.150 e. The predicted molar refractivity (Wildman–Crippen MR) is 83.8 cm³/mol. The van der Waals surface area contributed by atoms with Crippen molar-refractivity contribution in [3.8, 4) is 5.75 Å². The van der Waals surface area contributed by atoms with Crippen LogP contribution in [0.15, 0.2) is 12.1 Å². The van der Waals surface area contributed by atoms with E-state index in [0.717, 1.165) is 17.4 Å². The second-order valence-corrected chi connectivity index (χ2v) is 6.99. The third-order valence-corrected chi connectivity index (χ3v) is 2.88. The molecule has 0 heterocycles. The average Bonchev–Trinajstić information content (AvgIpc) is 2.27. The number of ether oxygens (including phenoxy) is 1. The molecule has 0 saturated carbocycles. The molecule has 0 aliphatic heterocycles. The number of rotatable bonds is 1. The zero-order chi connectivity index (χ0) is 16.1. The number of hydrogen-bond donors (Lipinski definition) is 1. The minimum atomic E-state index is -0.177. The highest BCUT2D eigenvalue weighted by atomic mass is 16.4. The lowest BCUT2D eigenvalue weighted by atomic mass is 9.78. The molecule has 0 fully saturated rings. The quantitative estimate of drug-likeness (QED) is 0.789. The van der Waals surface area contributed by atoms with E-state index in [9.17, 15) is 9.90 Å². The van der Waals surface area contributed by atoms with Gasteiger partial charge in [-0.25, -0.2) is 0 Å². The van der Waals surface area contributed by atoms with Crippen LogP contribution in [-0.4, -0.2) is 25.6 Å². The first-order valence-corrected chi connectivity index (χ1v) is 6.72. The van der Waals surface area contributed by atoms with Crippen molar-refractivity contribution in [3.05, 3.63) is 28.8 Å². The number of hydrogen-bond acceptors (Lipinski definition) is 3. The van der Waals surface area contributed by atoms with Crippen LogP contribution >= 0.6 is 0 Å². The second kappa shape index (κ2) is 6.89. The molecule has 0 aliphatic carbocycles. The summed E-state index contributed by atoms with van der Waals surface area (Å²) < 4.78 is 4.25. The van der Waals surface area contributed by atoms with Gasteiger partial charge in [0.15, 0.2) is 0 Å². The van der Waals surface area contributed by atoms with Gasteiger partial charge in [-0.3, -0.25) is 4.79 Å². The monoisotopic (exact) mass is 280 g/mol. The van der Waals surface area contributed by atoms with Gasteiger partial charge in [0, 0.05) is 30.9 Å². The van der Waals surface area contributed by atoms with Crippen molar-refractivity contribution in [2.45, 2.75) is 52.4 Å². The molecule has 0 aromatic heterocycles. The Kier molecular flexibility index (Phi) is 6.42. The summed E-state index contributed by atoms with van der Waals surface area (Å²) in [6.45, 7) is 12.2. The molecule has 0 spiro atoms. The van der Waals surface area contributed by atoms with Crippen LogP contribution < -0.4 is 0 Å². The van der Waals surface area contributed by atoms with Crippen LogP contribution in [0.1, 0.15) is 63.0 Å². The van der Waals surface area contributed by atoms with Crippen LogP contribution in [0.5, 0.6) is 5.75 Å². The lowest BCUT2D eigenvalue weighted by molar-refractivity contribution is 0.112. The number of aromatic hydroxyl groups is 1. The Hall–Kier alpha value is -1.35. The third-order valence-electron chi connectivity index (χ3n) is 2.88. The normalized spacial score (nSPS) is 11.6. The fourth-order valence-electron chi connectivity index (χ4n) is 1.87. The van der Waals surface area contributed by atoms with E-state index in [2.05, 4.69) is 4.74 Å². The molecule has 3 nitrogen and oxygen atoms in total. The fourth-order valence-corrected chi connectivity index (χ4v) is 1.87. The van der Waals surface area contributed by atoms with Crippen molar-refractivity contribution >= 4 is 6.29 Å². The van der Waals surface area contributed by atoms with Crippen LogP contribution in [0, 0.1) is 0 Å². The van der Waals surface area contributed by atoms with Crippen LogP contribution in [0.4, 0.5) is 0 Å². The SMILES string of the molecule is CC(C)(C)c1cc(C=O)cc(C(C)(C)C)c1O.COC. The van der Waals surface area contributed by atoms with E-state index < -0.39 is 0 Å². The first-order chi connectivity index (χ1) is 8.98. The summed E-state index contributed by atoms with van der Waals surface area (Å²) in [5, 5.41) is 10.4. The molecule has 0 amide bonds. The number of carbonyl (C=O) groups excluding carboxylic acids is 1. The summed E-state index contributed by atoms with van der Waals surface area (Å²) in [7, 11) is 3.25. The van der Waals surface area contributed by atoms with E-state index in [1.165, 1.54) is 0 Å². The summed E-state index contributed by atoms with van der Waals surface area (Å²) in [6.07, 6.45) is 0.837. The van der Waals surface area contributed by atoms with Gasteiger partial charge in [-0.05, 0) is 23.0 Å². The van der Waals surface area contributed by atoms with E-state index in [4.69, 9.17) is 0 Å². The molecule has 0 unspecified atom stereocenters. The van der Waals surface area contributed by atoms with E-state index >= 15 is 0 Å². The molecule has 0 saturated heterocycles. The smallest absolute Gasteiger partial charge is 0.150 e. The molecule has 0 radical (unpaired) electrons. The van der Waals surface area contributed by atoms with Crippen LogP contribution in [0.3, 0.4) is 0 Å². The maximum atomic E-state index is 11.0. The Bertz CT molecular complexity index is 413. The minimum absolute atomic E-state index is 0.177. The predicted octanol–water partition coefficient (Wildman–Crippen LogP) is 4.06. The Labute approximate surface area is 123 Å². The largest absolute Gasteiger partial charge is 0.507 e. The topological polar surface area (TPSA) is 46.5 Å². The first-order valence-electron chi connectivity index (χ1n) is 6.72. The van der Waals surface area contributed by atoms with Gasteiger partial charge in [0.1, 0.15) is 12.0 Å². The molecule has 114 valence electrons. The number of benzene rings is 1. The molecule has 20 heavy (non-hydrogen) atoms. The molecule has 0 bridgehead atoms. The molecular formula is C17H28O3. The van der Waals surface area contributed by atoms with Crippen LogP contribution in [-0.2, 0) is 15.6 Å². The summed E-state index contributed by atoms with van der Waals surface area (Å²) in [4.78, 5) is 11.0. The van der Waals surface area contributed by atoms with Gasteiger partial charge >= 0.3 is 0 Å². The Balaban J connectivity index is 0.00000110. The fraction of sp³-hybridized carbons (Fsp3) is 0.588.